The molecule has 3 fully saturated rings. The molecule has 0 amide bonds. The van der Waals surface area contributed by atoms with Gasteiger partial charge in [0.25, 0.3) is 0 Å². The fourth-order valence-corrected chi connectivity index (χ4v) is 6.33. The van der Waals surface area contributed by atoms with E-state index < -0.39 is 123 Å². The van der Waals surface area contributed by atoms with E-state index in [-0.39, 0.29) is 34.2 Å². The van der Waals surface area contributed by atoms with Crippen molar-refractivity contribution in [1.29, 1.82) is 0 Å². The Morgan fingerprint density at radius 3 is 1.92 bits per heavy atom. The lowest BCUT2D eigenvalue weighted by atomic mass is 9.96. The minimum Gasteiger partial charge on any atom is -0.571 e. The van der Waals surface area contributed by atoms with Crippen LogP contribution in [-0.4, -0.2) is 183 Å². The smallest absolute Gasteiger partial charge is 0.305 e. The van der Waals surface area contributed by atoms with Crippen molar-refractivity contribution in [3.63, 3.8) is 0 Å². The SMILES string of the molecule is CC1OC(OCC2OC(OC3=C(c4ccc(O)c(O)c4)[OH+]C4C=C(O)C=C(OC5OC(CO)C(O)C(O)C5O)C4=C3)C(O)C(O)C2O)C(O)C(O)C1O. The van der Waals surface area contributed by atoms with Crippen LogP contribution >= 0.6 is 0 Å². The highest BCUT2D eigenvalue weighted by Crippen LogP contribution is 2.40. The van der Waals surface area contributed by atoms with Gasteiger partial charge in [0.2, 0.25) is 24.4 Å². The highest BCUT2D eigenvalue weighted by molar-refractivity contribution is 5.69. The van der Waals surface area contributed by atoms with Crippen molar-refractivity contribution >= 4 is 5.76 Å². The predicted octanol–water partition coefficient (Wildman–Crippen LogP) is -4.57. The summed E-state index contributed by atoms with van der Waals surface area (Å²) in [4.78, 5) is 0. The molecule has 0 aromatic heterocycles. The summed E-state index contributed by atoms with van der Waals surface area (Å²) in [7, 11) is 0. The van der Waals surface area contributed by atoms with Crippen LogP contribution in [0.3, 0.4) is 0 Å². The van der Waals surface area contributed by atoms with Gasteiger partial charge in [-0.25, -0.2) is 0 Å². The van der Waals surface area contributed by atoms with E-state index in [1.807, 2.05) is 0 Å². The van der Waals surface area contributed by atoms with Gasteiger partial charge < -0.3 is 99.5 Å². The molecule has 1 aliphatic carbocycles. The average Bonchev–Trinajstić information content (AvgIpc) is 3.13. The molecule has 0 saturated carbocycles. The monoisotopic (exact) mass is 759 g/mol. The van der Waals surface area contributed by atoms with Crippen LogP contribution in [0.5, 0.6) is 11.5 Å². The maximum absolute atomic E-state index is 10.9. The minimum atomic E-state index is -1.91. The number of phenolic OH excluding ortho intramolecular Hbond substituents is 2. The van der Waals surface area contributed by atoms with Gasteiger partial charge in [0.15, 0.2) is 17.8 Å². The van der Waals surface area contributed by atoms with Crippen LogP contribution in [0.15, 0.2) is 59.3 Å². The molecule has 20 heteroatoms. The molecule has 294 valence electrons. The number of aromatic hydroxyl groups is 2. The number of rotatable bonds is 9. The standard InChI is InChI=1S/C33H42O20/c1-10-21(38)24(41)27(44)31(48-10)47-9-20-23(40)26(43)29(46)33(53-20)51-18-7-13-16(49-30(18)11-2-3-14(36)15(37)4-11)5-12(35)6-17(13)50-32-28(45)25(42)22(39)19(8-34)52-32/h2-7,10,16,19-29,31-46H,8-9H2,1H3/p+1. The van der Waals surface area contributed by atoms with E-state index in [2.05, 4.69) is 4.74 Å². The summed E-state index contributed by atoms with van der Waals surface area (Å²) in [6.45, 7) is 0.101. The van der Waals surface area contributed by atoms with Crippen molar-refractivity contribution in [2.75, 3.05) is 13.2 Å². The van der Waals surface area contributed by atoms with E-state index in [0.29, 0.717) is 0 Å². The van der Waals surface area contributed by atoms with Gasteiger partial charge in [-0.05, 0) is 19.1 Å². The van der Waals surface area contributed by atoms with Crippen molar-refractivity contribution in [2.24, 2.45) is 0 Å². The summed E-state index contributed by atoms with van der Waals surface area (Å²) < 4.78 is 38.7. The molecule has 4 aliphatic heterocycles. The molecular formula is C33H43O20+. The van der Waals surface area contributed by atoms with E-state index >= 15 is 0 Å². The predicted molar refractivity (Wildman–Crippen MR) is 171 cm³/mol. The Balaban J connectivity index is 1.30. The summed E-state index contributed by atoms with van der Waals surface area (Å²) in [5.74, 6) is -1.82. The van der Waals surface area contributed by atoms with Gasteiger partial charge in [0.05, 0.1) is 36.5 Å². The number of allylic oxidation sites excluding steroid dienone is 2. The van der Waals surface area contributed by atoms with Crippen molar-refractivity contribution in [1.82, 2.24) is 0 Å². The lowest BCUT2D eigenvalue weighted by Crippen LogP contribution is -2.61. The average molecular weight is 760 g/mol. The van der Waals surface area contributed by atoms with E-state index in [4.69, 9.17) is 28.4 Å². The van der Waals surface area contributed by atoms with Crippen molar-refractivity contribution < 1.29 is 99.5 Å². The zero-order chi connectivity index (χ0) is 38.5. The molecule has 0 spiro atoms. The summed E-state index contributed by atoms with van der Waals surface area (Å²) >= 11 is 0. The number of aliphatic hydroxyl groups is 13. The Kier molecular flexibility index (Phi) is 11.5. The molecule has 5 aliphatic rings. The zero-order valence-corrected chi connectivity index (χ0v) is 27.8. The van der Waals surface area contributed by atoms with Crippen LogP contribution < -0.4 is 0 Å². The van der Waals surface area contributed by atoms with Crippen LogP contribution in [0.4, 0.5) is 0 Å². The Bertz CT molecular complexity index is 1610. The summed E-state index contributed by atoms with van der Waals surface area (Å²) in [6.07, 6.45) is -21.6. The van der Waals surface area contributed by atoms with Gasteiger partial charge in [-0.2, -0.15) is 0 Å². The van der Waals surface area contributed by atoms with Crippen molar-refractivity contribution in [2.45, 2.75) is 105 Å². The Morgan fingerprint density at radius 1 is 0.660 bits per heavy atom. The first-order chi connectivity index (χ1) is 25.1. The summed E-state index contributed by atoms with van der Waals surface area (Å²) in [6, 6.07) is 3.65. The molecule has 53 heavy (non-hydrogen) atoms. The van der Waals surface area contributed by atoms with Crippen LogP contribution in [0.25, 0.3) is 5.76 Å². The number of hydrogen-bond donors (Lipinski definition) is 13. The normalized spacial score (nSPS) is 41.8. The van der Waals surface area contributed by atoms with Crippen LogP contribution in [0.2, 0.25) is 0 Å². The summed E-state index contributed by atoms with van der Waals surface area (Å²) in [5.41, 5.74) is 0.277. The number of aliphatic hydroxyl groups excluding tert-OH is 11. The topological polar surface area (TPSA) is 331 Å². The molecular weight excluding hydrogens is 716 g/mol. The summed E-state index contributed by atoms with van der Waals surface area (Å²) in [5, 5.41) is 134. The largest absolute Gasteiger partial charge is 0.571 e. The second kappa shape index (κ2) is 15.6. The second-order valence-electron chi connectivity index (χ2n) is 13.2. The van der Waals surface area contributed by atoms with Gasteiger partial charge in [-0.1, -0.05) is 0 Å². The van der Waals surface area contributed by atoms with Crippen molar-refractivity contribution in [3.8, 4) is 11.5 Å². The Morgan fingerprint density at radius 2 is 1.26 bits per heavy atom. The van der Waals surface area contributed by atoms with Crippen LogP contribution in [-0.2, 0) is 28.4 Å². The molecule has 0 radical (unpaired) electrons. The van der Waals surface area contributed by atoms with Crippen LogP contribution in [0.1, 0.15) is 12.5 Å². The third-order valence-corrected chi connectivity index (χ3v) is 9.48. The fourth-order valence-electron chi connectivity index (χ4n) is 6.33. The molecule has 16 unspecified atom stereocenters. The van der Waals surface area contributed by atoms with Gasteiger partial charge in [-0.15, -0.1) is 0 Å². The first-order valence-electron chi connectivity index (χ1n) is 16.6. The first-order valence-corrected chi connectivity index (χ1v) is 16.6. The highest BCUT2D eigenvalue weighted by atomic mass is 16.7. The number of fused-ring (bicyclic) bond motifs is 1. The molecule has 0 bridgehead atoms. The Labute approximate surface area is 300 Å². The number of hydrogen-bond acceptors (Lipinski definition) is 19. The van der Waals surface area contributed by atoms with E-state index in [9.17, 15) is 66.4 Å². The molecule has 14 N–H and O–H groups in total. The third kappa shape index (κ3) is 7.70. The van der Waals surface area contributed by atoms with E-state index in [1.54, 1.807) is 0 Å². The van der Waals surface area contributed by atoms with Gasteiger partial charge >= 0.3 is 5.76 Å². The molecule has 4 heterocycles. The molecule has 1 aromatic carbocycles. The molecule has 16 atom stereocenters. The van der Waals surface area contributed by atoms with Gasteiger partial charge in [0.1, 0.15) is 78.7 Å². The number of ether oxygens (including phenoxy) is 7. The van der Waals surface area contributed by atoms with Gasteiger partial charge in [-0.3, -0.25) is 0 Å². The van der Waals surface area contributed by atoms with Crippen molar-refractivity contribution in [3.05, 3.63) is 64.8 Å². The molecule has 6 rings (SSSR count). The lowest BCUT2D eigenvalue weighted by Gasteiger charge is -2.42. The van der Waals surface area contributed by atoms with Gasteiger partial charge in [0, 0.05) is 18.2 Å². The second-order valence-corrected chi connectivity index (χ2v) is 13.2. The first kappa shape index (κ1) is 39.1. The minimum absolute atomic E-state index is 0.0448. The van der Waals surface area contributed by atoms with Crippen LogP contribution in [0, 0.1) is 0 Å². The highest BCUT2D eigenvalue weighted by Gasteiger charge is 2.50. The third-order valence-electron chi connectivity index (χ3n) is 9.48. The maximum Gasteiger partial charge on any atom is 0.305 e. The Hall–Kier alpha value is -3.58. The zero-order valence-electron chi connectivity index (χ0n) is 27.8. The molecule has 1 aromatic rings. The fraction of sp³-hybridized carbons (Fsp3) is 0.576. The molecule has 3 saturated heterocycles. The number of phenols is 2. The quantitative estimate of drug-likeness (QED) is 0.0832. The van der Waals surface area contributed by atoms with E-state index in [1.165, 1.54) is 25.1 Å². The van der Waals surface area contributed by atoms with E-state index in [0.717, 1.165) is 18.2 Å². The lowest BCUT2D eigenvalue weighted by molar-refractivity contribution is -0.323. The number of benzene rings is 1. The molecule has 20 nitrogen and oxygen atoms in total. The maximum atomic E-state index is 10.9.